The van der Waals surface area contributed by atoms with Gasteiger partial charge in [-0.15, -0.1) is 0 Å². The Kier molecular flexibility index (Phi) is 4.47. The van der Waals surface area contributed by atoms with Crippen LogP contribution in [-0.2, 0) is 12.8 Å². The van der Waals surface area contributed by atoms with Crippen molar-refractivity contribution in [3.05, 3.63) is 63.3 Å². The number of ether oxygens (including phenoxy) is 1. The molecule has 4 nitrogen and oxygen atoms in total. The van der Waals surface area contributed by atoms with Crippen molar-refractivity contribution in [1.82, 2.24) is 4.98 Å². The number of anilines is 1. The first-order valence-corrected chi connectivity index (χ1v) is 9.08. The van der Waals surface area contributed by atoms with Gasteiger partial charge in [0.05, 0.1) is 23.3 Å². The molecule has 6 heteroatoms. The molecule has 1 amide bonds. The molecule has 4 rings (SSSR count). The van der Waals surface area contributed by atoms with Crippen LogP contribution in [0, 0.1) is 0 Å². The second-order valence-electron chi connectivity index (χ2n) is 6.24. The van der Waals surface area contributed by atoms with Crippen molar-refractivity contribution in [2.24, 2.45) is 0 Å². The summed E-state index contributed by atoms with van der Waals surface area (Å²) in [6.45, 7) is 0. The summed E-state index contributed by atoms with van der Waals surface area (Å²) in [5, 5.41) is 4.99. The van der Waals surface area contributed by atoms with E-state index in [9.17, 15) is 4.79 Å². The van der Waals surface area contributed by atoms with Gasteiger partial charge in [-0.2, -0.15) is 0 Å². The second-order valence-corrected chi connectivity index (χ2v) is 7.05. The van der Waals surface area contributed by atoms with Gasteiger partial charge in [0.1, 0.15) is 5.75 Å². The number of pyridine rings is 1. The number of nitrogens with zero attached hydrogens (tertiary/aromatic N) is 1. The summed E-state index contributed by atoms with van der Waals surface area (Å²) >= 11 is 12.6. The Bertz CT molecular complexity index is 1030. The maximum atomic E-state index is 12.7. The van der Waals surface area contributed by atoms with E-state index < -0.39 is 0 Å². The molecule has 0 radical (unpaired) electrons. The molecule has 0 unspecified atom stereocenters. The maximum absolute atomic E-state index is 12.7. The second kappa shape index (κ2) is 6.78. The average molecular weight is 387 g/mol. The fraction of sp³-hybridized carbons (Fsp3) is 0.200. The number of carbonyl (C=O) groups excluding carboxylic acids is 1. The summed E-state index contributed by atoms with van der Waals surface area (Å²) < 4.78 is 5.27. The Balaban J connectivity index is 1.70. The van der Waals surface area contributed by atoms with Crippen LogP contribution in [0.25, 0.3) is 10.9 Å². The van der Waals surface area contributed by atoms with Crippen LogP contribution in [0.3, 0.4) is 0 Å². The lowest BCUT2D eigenvalue weighted by Gasteiger charge is -2.12. The number of aryl methyl sites for hydroxylation is 1. The van der Waals surface area contributed by atoms with Gasteiger partial charge < -0.3 is 10.1 Å². The molecule has 0 spiro atoms. The fourth-order valence-electron chi connectivity index (χ4n) is 3.32. The molecule has 0 bridgehead atoms. The first kappa shape index (κ1) is 17.1. The van der Waals surface area contributed by atoms with E-state index in [1.165, 1.54) is 0 Å². The SMILES string of the molecule is COc1ccc(Cl)cc1NC(=O)c1ccc2c(Cl)c3c(nc2c1)CCC3. The zero-order valence-electron chi connectivity index (χ0n) is 14.1. The van der Waals surface area contributed by atoms with E-state index in [1.54, 1.807) is 37.4 Å². The number of benzene rings is 2. The summed E-state index contributed by atoms with van der Waals surface area (Å²) in [4.78, 5) is 17.4. The Labute approximate surface area is 161 Å². The fourth-order valence-corrected chi connectivity index (χ4v) is 3.85. The minimum atomic E-state index is -0.258. The minimum absolute atomic E-state index is 0.258. The summed E-state index contributed by atoms with van der Waals surface area (Å²) in [5.74, 6) is 0.286. The lowest BCUT2D eigenvalue weighted by molar-refractivity contribution is 0.102. The summed E-state index contributed by atoms with van der Waals surface area (Å²) in [5.41, 5.74) is 3.93. The Morgan fingerprint density at radius 2 is 2.00 bits per heavy atom. The van der Waals surface area contributed by atoms with Crippen LogP contribution in [0.15, 0.2) is 36.4 Å². The average Bonchev–Trinajstić information content (AvgIpc) is 3.10. The number of rotatable bonds is 3. The zero-order chi connectivity index (χ0) is 18.3. The van der Waals surface area contributed by atoms with Crippen molar-refractivity contribution < 1.29 is 9.53 Å². The van der Waals surface area contributed by atoms with Gasteiger partial charge in [-0.3, -0.25) is 9.78 Å². The van der Waals surface area contributed by atoms with E-state index in [4.69, 9.17) is 32.9 Å². The van der Waals surface area contributed by atoms with Crippen molar-refractivity contribution >= 4 is 45.7 Å². The Morgan fingerprint density at radius 3 is 2.81 bits per heavy atom. The molecule has 0 saturated heterocycles. The Hall–Kier alpha value is -2.30. The van der Waals surface area contributed by atoms with E-state index in [1.807, 2.05) is 6.07 Å². The first-order chi connectivity index (χ1) is 12.6. The predicted octanol–water partition coefficient (Wildman–Crippen LogP) is 5.29. The van der Waals surface area contributed by atoms with Gasteiger partial charge in [-0.25, -0.2) is 0 Å². The largest absolute Gasteiger partial charge is 0.495 e. The molecule has 0 saturated carbocycles. The molecule has 3 aromatic rings. The van der Waals surface area contributed by atoms with Crippen LogP contribution in [0.1, 0.15) is 28.0 Å². The van der Waals surface area contributed by atoms with Crippen LogP contribution in [0.4, 0.5) is 5.69 Å². The van der Waals surface area contributed by atoms with E-state index >= 15 is 0 Å². The van der Waals surface area contributed by atoms with Gasteiger partial charge >= 0.3 is 0 Å². The van der Waals surface area contributed by atoms with Crippen LogP contribution in [0.2, 0.25) is 10.0 Å². The minimum Gasteiger partial charge on any atom is -0.495 e. The molecule has 0 aliphatic heterocycles. The van der Waals surface area contributed by atoms with Crippen molar-refractivity contribution in [2.75, 3.05) is 12.4 Å². The highest BCUT2D eigenvalue weighted by atomic mass is 35.5. The van der Waals surface area contributed by atoms with Crippen molar-refractivity contribution in [2.45, 2.75) is 19.3 Å². The number of halogens is 2. The molecule has 2 aromatic carbocycles. The normalized spacial score (nSPS) is 12.9. The molecule has 0 atom stereocenters. The maximum Gasteiger partial charge on any atom is 0.255 e. The van der Waals surface area contributed by atoms with Gasteiger partial charge in [-0.1, -0.05) is 29.3 Å². The van der Waals surface area contributed by atoms with Gasteiger partial charge in [0, 0.05) is 21.7 Å². The number of hydrogen-bond acceptors (Lipinski definition) is 3. The standard InChI is InChI=1S/C20H16Cl2N2O2/c1-26-18-8-6-12(21)10-17(18)24-20(25)11-5-7-14-16(9-11)23-15-4-2-3-13(15)19(14)22/h5-10H,2-4H2,1H3,(H,24,25). The van der Waals surface area contributed by atoms with Gasteiger partial charge in [0.25, 0.3) is 5.91 Å². The number of amides is 1. The molecule has 0 fully saturated rings. The molecule has 1 aromatic heterocycles. The number of hydrogen-bond donors (Lipinski definition) is 1. The summed E-state index contributed by atoms with van der Waals surface area (Å²) in [7, 11) is 1.54. The van der Waals surface area contributed by atoms with Crippen molar-refractivity contribution in [3.8, 4) is 5.75 Å². The third-order valence-electron chi connectivity index (χ3n) is 4.62. The Morgan fingerprint density at radius 1 is 1.15 bits per heavy atom. The third kappa shape index (κ3) is 3.00. The highest BCUT2D eigenvalue weighted by Gasteiger charge is 2.19. The molecule has 1 aliphatic rings. The van der Waals surface area contributed by atoms with E-state index in [0.717, 1.165) is 46.4 Å². The molecule has 132 valence electrons. The smallest absolute Gasteiger partial charge is 0.255 e. The van der Waals surface area contributed by atoms with Crippen molar-refractivity contribution in [3.63, 3.8) is 0 Å². The van der Waals surface area contributed by atoms with E-state index in [-0.39, 0.29) is 5.91 Å². The van der Waals surface area contributed by atoms with Crippen molar-refractivity contribution in [1.29, 1.82) is 0 Å². The summed E-state index contributed by atoms with van der Waals surface area (Å²) in [6.07, 6.45) is 2.97. The van der Waals surface area contributed by atoms with Crippen LogP contribution >= 0.6 is 23.2 Å². The topological polar surface area (TPSA) is 51.2 Å². The monoisotopic (exact) mass is 386 g/mol. The quantitative estimate of drug-likeness (QED) is 0.664. The lowest BCUT2D eigenvalue weighted by Crippen LogP contribution is -2.12. The number of fused-ring (bicyclic) bond motifs is 2. The number of methoxy groups -OCH3 is 1. The molecule has 1 N–H and O–H groups in total. The van der Waals surface area contributed by atoms with Crippen LogP contribution in [-0.4, -0.2) is 18.0 Å². The molecule has 26 heavy (non-hydrogen) atoms. The van der Waals surface area contributed by atoms with Gasteiger partial charge in [-0.05, 0) is 55.2 Å². The van der Waals surface area contributed by atoms with Gasteiger partial charge in [0.15, 0.2) is 0 Å². The third-order valence-corrected chi connectivity index (χ3v) is 5.28. The number of carbonyl (C=O) groups is 1. The van der Waals surface area contributed by atoms with Crippen LogP contribution < -0.4 is 10.1 Å². The molecule has 1 aliphatic carbocycles. The van der Waals surface area contributed by atoms with Crippen LogP contribution in [0.5, 0.6) is 5.75 Å². The van der Waals surface area contributed by atoms with E-state index in [0.29, 0.717) is 22.0 Å². The highest BCUT2D eigenvalue weighted by molar-refractivity contribution is 6.36. The molecule has 1 heterocycles. The lowest BCUT2D eigenvalue weighted by atomic mass is 10.1. The number of nitrogens with one attached hydrogen (secondary N) is 1. The first-order valence-electron chi connectivity index (χ1n) is 8.32. The molecular formula is C20H16Cl2N2O2. The predicted molar refractivity (Wildman–Crippen MR) is 105 cm³/mol. The summed E-state index contributed by atoms with van der Waals surface area (Å²) in [6, 6.07) is 10.5. The number of aromatic nitrogens is 1. The zero-order valence-corrected chi connectivity index (χ0v) is 15.6. The van der Waals surface area contributed by atoms with E-state index in [2.05, 4.69) is 5.32 Å². The van der Waals surface area contributed by atoms with Gasteiger partial charge in [0.2, 0.25) is 0 Å². The molecular weight excluding hydrogens is 371 g/mol. The highest BCUT2D eigenvalue weighted by Crippen LogP contribution is 2.34.